The smallest absolute Gasteiger partial charge is 0.175 e. The Kier molecular flexibility index (Phi) is 5.92. The monoisotopic (exact) mass is 656 g/mol. The average Bonchev–Trinajstić information content (AvgIpc) is 3.87. The summed E-state index contributed by atoms with van der Waals surface area (Å²) in [6, 6.07) is 54.3. The number of nitrogens with zero attached hydrogens (tertiary/aromatic N) is 3. The fourth-order valence-electron chi connectivity index (χ4n) is 7.82. The number of benzene rings is 7. The number of rotatable bonds is 4. The zero-order valence-electron chi connectivity index (χ0n) is 27.2. The summed E-state index contributed by atoms with van der Waals surface area (Å²) in [5.74, 6) is 1.40. The molecule has 1 atom stereocenters. The molecule has 240 valence electrons. The molecule has 0 amide bonds. The maximum Gasteiger partial charge on any atom is 0.175 e. The van der Waals surface area contributed by atoms with Gasteiger partial charge in [0.05, 0.1) is 27.8 Å². The van der Waals surface area contributed by atoms with Gasteiger partial charge in [-0.15, -0.1) is 0 Å². The van der Waals surface area contributed by atoms with Crippen LogP contribution in [0.3, 0.4) is 0 Å². The molecule has 0 fully saturated rings. The Morgan fingerprint density at radius 2 is 1.00 bits per heavy atom. The van der Waals surface area contributed by atoms with Crippen molar-refractivity contribution in [3.8, 4) is 5.69 Å². The van der Waals surface area contributed by atoms with Gasteiger partial charge in [-0.3, -0.25) is 0 Å². The minimum Gasteiger partial charge on any atom is -0.456 e. The van der Waals surface area contributed by atoms with Crippen molar-refractivity contribution >= 4 is 77.4 Å². The van der Waals surface area contributed by atoms with Crippen molar-refractivity contribution in [1.82, 2.24) is 9.88 Å². The largest absolute Gasteiger partial charge is 0.456 e. The zero-order valence-corrected chi connectivity index (χ0v) is 27.2. The van der Waals surface area contributed by atoms with Crippen molar-refractivity contribution in [2.75, 3.05) is 0 Å². The molecule has 0 saturated heterocycles. The highest BCUT2D eigenvalue weighted by molar-refractivity contribution is 6.21. The van der Waals surface area contributed by atoms with E-state index in [0.717, 1.165) is 83.1 Å². The van der Waals surface area contributed by atoms with E-state index < -0.39 is 6.17 Å². The van der Waals surface area contributed by atoms with Gasteiger partial charge in [-0.2, -0.15) is 0 Å². The maximum atomic E-state index is 6.80. The van der Waals surface area contributed by atoms with Crippen LogP contribution in [-0.2, 0) is 0 Å². The fraction of sp³-hybridized carbons (Fsp3) is 0.0222. The zero-order chi connectivity index (χ0) is 33.5. The van der Waals surface area contributed by atoms with Crippen LogP contribution in [0.4, 0.5) is 0 Å². The maximum absolute atomic E-state index is 6.80. The minimum atomic E-state index is -0.657. The second-order valence-electron chi connectivity index (χ2n) is 12.9. The predicted octanol–water partition coefficient (Wildman–Crippen LogP) is 11.1. The Bertz CT molecular complexity index is 3020. The topological polar surface area (TPSA) is 68.0 Å². The van der Waals surface area contributed by atoms with Crippen LogP contribution in [-0.4, -0.2) is 16.2 Å². The second-order valence-corrected chi connectivity index (χ2v) is 12.9. The van der Waals surface area contributed by atoms with Gasteiger partial charge in [0, 0.05) is 37.9 Å². The molecule has 0 saturated carbocycles. The molecule has 10 aromatic rings. The minimum absolute atomic E-state index is 0.657. The summed E-state index contributed by atoms with van der Waals surface area (Å²) >= 11 is 0. The summed E-state index contributed by atoms with van der Waals surface area (Å²) in [5, 5.41) is 10.2. The Balaban J connectivity index is 1.24. The van der Waals surface area contributed by atoms with E-state index in [0.29, 0.717) is 5.84 Å². The fourth-order valence-corrected chi connectivity index (χ4v) is 7.82. The molecular weight excluding hydrogens is 629 g/mol. The highest BCUT2D eigenvalue weighted by atomic mass is 16.3. The van der Waals surface area contributed by atoms with E-state index in [1.54, 1.807) is 0 Å². The lowest BCUT2D eigenvalue weighted by molar-refractivity contribution is 0.647. The van der Waals surface area contributed by atoms with E-state index in [4.69, 9.17) is 18.8 Å². The van der Waals surface area contributed by atoms with Crippen LogP contribution in [0.1, 0.15) is 22.9 Å². The molecule has 51 heavy (non-hydrogen) atoms. The van der Waals surface area contributed by atoms with E-state index >= 15 is 0 Å². The molecule has 6 heteroatoms. The first-order chi connectivity index (χ1) is 25.3. The van der Waals surface area contributed by atoms with Gasteiger partial charge >= 0.3 is 0 Å². The number of amidine groups is 2. The summed E-state index contributed by atoms with van der Waals surface area (Å²) in [5.41, 5.74) is 9.10. The van der Waals surface area contributed by atoms with Gasteiger partial charge in [-0.25, -0.2) is 9.98 Å². The summed E-state index contributed by atoms with van der Waals surface area (Å²) < 4.78 is 15.7. The lowest BCUT2D eigenvalue weighted by Gasteiger charge is -2.24. The van der Waals surface area contributed by atoms with Gasteiger partial charge < -0.3 is 18.7 Å². The molecule has 6 nitrogen and oxygen atoms in total. The van der Waals surface area contributed by atoms with Gasteiger partial charge in [0.15, 0.2) is 6.17 Å². The van der Waals surface area contributed by atoms with E-state index in [-0.39, 0.29) is 0 Å². The second kappa shape index (κ2) is 10.8. The SMILES string of the molecule is c1ccc(C2=NC(c3c(-n4c5ccccc5c5ccccc54)ccc4c3oc3ccccc34)N=C(c3cccc4c3oc3ccccc34)N2)cc1. The first kappa shape index (κ1) is 28.0. The number of hydrogen-bond donors (Lipinski definition) is 1. The number of fused-ring (bicyclic) bond motifs is 9. The Morgan fingerprint density at radius 3 is 1.71 bits per heavy atom. The van der Waals surface area contributed by atoms with E-state index in [9.17, 15) is 0 Å². The average molecular weight is 657 g/mol. The Morgan fingerprint density at radius 1 is 0.451 bits per heavy atom. The molecule has 11 rings (SSSR count). The van der Waals surface area contributed by atoms with Crippen molar-refractivity contribution in [1.29, 1.82) is 0 Å². The summed E-state index contributed by atoms with van der Waals surface area (Å²) in [4.78, 5) is 10.8. The lowest BCUT2D eigenvalue weighted by Crippen LogP contribution is -2.36. The Hall–Kier alpha value is -6.92. The van der Waals surface area contributed by atoms with Crippen LogP contribution in [0.2, 0.25) is 0 Å². The molecule has 3 aromatic heterocycles. The molecule has 1 aliphatic heterocycles. The van der Waals surface area contributed by atoms with Crippen LogP contribution in [0, 0.1) is 0 Å². The number of nitrogens with one attached hydrogen (secondary N) is 1. The highest BCUT2D eigenvalue weighted by Crippen LogP contribution is 2.43. The summed E-state index contributed by atoms with van der Waals surface area (Å²) in [7, 11) is 0. The Labute approximate surface area is 291 Å². The number of para-hydroxylation sites is 5. The van der Waals surface area contributed by atoms with Crippen LogP contribution in [0.15, 0.2) is 177 Å². The first-order valence-electron chi connectivity index (χ1n) is 17.1. The standard InChI is InChI=1S/C45H28N4O2/c1-2-13-27(14-3-1)43-46-44(34-20-12-19-32-30-17-6-10-23-38(30)50-41(32)34)48-45(47-43)40-37(26-25-33-31-18-7-11-24-39(31)51-42(33)40)49-35-21-8-4-15-28(35)29-16-5-9-22-36(29)49/h1-26,45H,(H,46,47,48). The van der Waals surface area contributed by atoms with Crippen molar-refractivity contribution in [3.05, 3.63) is 174 Å². The number of aliphatic imine (C=N–C) groups is 2. The van der Waals surface area contributed by atoms with Gasteiger partial charge in [0.25, 0.3) is 0 Å². The van der Waals surface area contributed by atoms with Gasteiger partial charge in [-0.1, -0.05) is 115 Å². The number of hydrogen-bond acceptors (Lipinski definition) is 5. The predicted molar refractivity (Wildman–Crippen MR) is 207 cm³/mol. The molecule has 0 radical (unpaired) electrons. The van der Waals surface area contributed by atoms with Gasteiger partial charge in [0.2, 0.25) is 0 Å². The molecular formula is C45H28N4O2. The molecule has 1 aliphatic rings. The molecule has 4 heterocycles. The van der Waals surface area contributed by atoms with E-state index in [2.05, 4.69) is 119 Å². The van der Waals surface area contributed by atoms with Crippen LogP contribution >= 0.6 is 0 Å². The van der Waals surface area contributed by atoms with Crippen molar-refractivity contribution in [3.63, 3.8) is 0 Å². The third kappa shape index (κ3) is 4.17. The number of aromatic nitrogens is 1. The summed E-state index contributed by atoms with van der Waals surface area (Å²) in [6.07, 6.45) is -0.657. The first-order valence-corrected chi connectivity index (χ1v) is 17.1. The van der Waals surface area contributed by atoms with Crippen molar-refractivity contribution in [2.24, 2.45) is 9.98 Å². The van der Waals surface area contributed by atoms with Crippen molar-refractivity contribution < 1.29 is 8.83 Å². The van der Waals surface area contributed by atoms with Crippen LogP contribution < -0.4 is 5.32 Å². The van der Waals surface area contributed by atoms with Crippen molar-refractivity contribution in [2.45, 2.75) is 6.17 Å². The lowest BCUT2D eigenvalue weighted by atomic mass is 10.0. The molecule has 0 aliphatic carbocycles. The third-order valence-electron chi connectivity index (χ3n) is 10.1. The van der Waals surface area contributed by atoms with E-state index in [1.165, 1.54) is 10.8 Å². The van der Waals surface area contributed by atoms with Gasteiger partial charge in [-0.05, 0) is 42.5 Å². The third-order valence-corrected chi connectivity index (χ3v) is 10.1. The molecule has 0 bridgehead atoms. The van der Waals surface area contributed by atoms with Gasteiger partial charge in [0.1, 0.15) is 34.0 Å². The van der Waals surface area contributed by atoms with Crippen LogP contribution in [0.5, 0.6) is 0 Å². The normalized spacial score (nSPS) is 14.9. The summed E-state index contributed by atoms with van der Waals surface area (Å²) in [6.45, 7) is 0. The molecule has 7 aromatic carbocycles. The highest BCUT2D eigenvalue weighted by Gasteiger charge is 2.29. The quantitative estimate of drug-likeness (QED) is 0.205. The molecule has 1 N–H and O–H groups in total. The van der Waals surface area contributed by atoms with Crippen LogP contribution in [0.25, 0.3) is 71.4 Å². The number of furan rings is 2. The molecule has 0 spiro atoms. The molecule has 1 unspecified atom stereocenters. The van der Waals surface area contributed by atoms with E-state index in [1.807, 2.05) is 48.5 Å².